The summed E-state index contributed by atoms with van der Waals surface area (Å²) in [6.07, 6.45) is 3.91. The molecule has 3 nitrogen and oxygen atoms in total. The third-order valence-corrected chi connectivity index (χ3v) is 2.28. The normalized spacial score (nSPS) is 21.1. The largest absolute Gasteiger partial charge is 0.329 e. The maximum absolute atomic E-state index is 11.3. The molecule has 2 heterocycles. The lowest BCUT2D eigenvalue weighted by molar-refractivity contribution is 0.639. The molecule has 0 aromatic carbocycles. The van der Waals surface area contributed by atoms with Gasteiger partial charge < -0.3 is 10.3 Å². The van der Waals surface area contributed by atoms with Crippen molar-refractivity contribution in [1.82, 2.24) is 10.3 Å². The topological polar surface area (TPSA) is 44.9 Å². The zero-order valence-electron chi connectivity index (χ0n) is 7.25. The van der Waals surface area contributed by atoms with Crippen molar-refractivity contribution in [2.24, 2.45) is 0 Å². The fraction of sp³-hybridized carbons (Fsp3) is 0.444. The molecular formula is C9H13ClN2O. The Labute approximate surface area is 83.0 Å². The first-order chi connectivity index (χ1) is 5.88. The molecular weight excluding hydrogens is 188 g/mol. The Morgan fingerprint density at radius 3 is 2.92 bits per heavy atom. The summed E-state index contributed by atoms with van der Waals surface area (Å²) in [5.41, 5.74) is 0.909. The number of aromatic amines is 1. The molecule has 0 aliphatic carbocycles. The van der Waals surface area contributed by atoms with E-state index in [4.69, 9.17) is 0 Å². The van der Waals surface area contributed by atoms with E-state index in [9.17, 15) is 4.79 Å². The van der Waals surface area contributed by atoms with E-state index >= 15 is 0 Å². The van der Waals surface area contributed by atoms with Crippen LogP contribution < -0.4 is 10.9 Å². The van der Waals surface area contributed by atoms with Crippen molar-refractivity contribution >= 4 is 12.4 Å². The van der Waals surface area contributed by atoms with Gasteiger partial charge in [-0.2, -0.15) is 0 Å². The second-order valence-electron chi connectivity index (χ2n) is 3.10. The highest BCUT2D eigenvalue weighted by molar-refractivity contribution is 5.85. The summed E-state index contributed by atoms with van der Waals surface area (Å²) in [5.74, 6) is 0. The highest BCUT2D eigenvalue weighted by Crippen LogP contribution is 2.18. The van der Waals surface area contributed by atoms with Gasteiger partial charge in [-0.15, -0.1) is 12.4 Å². The van der Waals surface area contributed by atoms with Gasteiger partial charge in [0.2, 0.25) is 0 Å². The lowest BCUT2D eigenvalue weighted by Gasteiger charge is -2.07. The molecule has 4 heteroatoms. The molecule has 0 amide bonds. The Morgan fingerprint density at radius 2 is 2.31 bits per heavy atom. The number of halogens is 1. The predicted octanol–water partition coefficient (Wildman–Crippen LogP) is 1.22. The van der Waals surface area contributed by atoms with Gasteiger partial charge in [0, 0.05) is 17.8 Å². The van der Waals surface area contributed by atoms with Crippen LogP contribution in [-0.4, -0.2) is 11.5 Å². The second kappa shape index (κ2) is 4.44. The Morgan fingerprint density at radius 1 is 1.46 bits per heavy atom. The SMILES string of the molecule is Cl.O=c1[nH]cccc1C1CCCN1. The summed E-state index contributed by atoms with van der Waals surface area (Å²) >= 11 is 0. The Kier molecular flexibility index (Phi) is 3.51. The van der Waals surface area contributed by atoms with Crippen LogP contribution in [0.1, 0.15) is 24.4 Å². The number of H-pyrrole nitrogens is 1. The lowest BCUT2D eigenvalue weighted by Crippen LogP contribution is -2.21. The lowest BCUT2D eigenvalue weighted by atomic mass is 10.1. The van der Waals surface area contributed by atoms with Gasteiger partial charge in [0.25, 0.3) is 5.56 Å². The van der Waals surface area contributed by atoms with Crippen LogP contribution in [0.4, 0.5) is 0 Å². The van der Waals surface area contributed by atoms with Gasteiger partial charge in [-0.25, -0.2) is 0 Å². The van der Waals surface area contributed by atoms with E-state index in [1.165, 1.54) is 6.42 Å². The van der Waals surface area contributed by atoms with E-state index < -0.39 is 0 Å². The van der Waals surface area contributed by atoms with Crippen molar-refractivity contribution < 1.29 is 0 Å². The number of aromatic nitrogens is 1. The van der Waals surface area contributed by atoms with Crippen LogP contribution in [0, 0.1) is 0 Å². The van der Waals surface area contributed by atoms with Crippen molar-refractivity contribution in [3.05, 3.63) is 34.2 Å². The van der Waals surface area contributed by atoms with Gasteiger partial charge in [-0.1, -0.05) is 6.07 Å². The molecule has 1 aliphatic rings. The van der Waals surface area contributed by atoms with Gasteiger partial charge in [0.1, 0.15) is 0 Å². The first-order valence-corrected chi connectivity index (χ1v) is 4.29. The second-order valence-corrected chi connectivity index (χ2v) is 3.10. The molecule has 1 unspecified atom stereocenters. The van der Waals surface area contributed by atoms with E-state index in [1.807, 2.05) is 12.1 Å². The van der Waals surface area contributed by atoms with Gasteiger partial charge in [0.15, 0.2) is 0 Å². The zero-order chi connectivity index (χ0) is 8.39. The van der Waals surface area contributed by atoms with Crippen molar-refractivity contribution in [1.29, 1.82) is 0 Å². The smallest absolute Gasteiger partial charge is 0.252 e. The Balaban J connectivity index is 0.000000845. The summed E-state index contributed by atoms with van der Waals surface area (Å²) < 4.78 is 0. The van der Waals surface area contributed by atoms with Crippen LogP contribution in [0.5, 0.6) is 0 Å². The average molecular weight is 201 g/mol. The molecule has 0 spiro atoms. The van der Waals surface area contributed by atoms with E-state index in [0.29, 0.717) is 0 Å². The van der Waals surface area contributed by atoms with Gasteiger partial charge in [-0.05, 0) is 25.5 Å². The van der Waals surface area contributed by atoms with E-state index in [2.05, 4.69) is 10.3 Å². The molecule has 1 saturated heterocycles. The van der Waals surface area contributed by atoms with Crippen molar-refractivity contribution in [3.8, 4) is 0 Å². The van der Waals surface area contributed by atoms with Crippen LogP contribution in [0.2, 0.25) is 0 Å². The molecule has 1 aromatic rings. The summed E-state index contributed by atoms with van der Waals surface area (Å²) in [7, 11) is 0. The number of hydrogen-bond acceptors (Lipinski definition) is 2. The standard InChI is InChI=1S/C9H12N2O.ClH/c12-9-7(3-1-6-11-9)8-4-2-5-10-8;/h1,3,6,8,10H,2,4-5H2,(H,11,12);1H. The maximum Gasteiger partial charge on any atom is 0.252 e. The first-order valence-electron chi connectivity index (χ1n) is 4.29. The summed E-state index contributed by atoms with van der Waals surface area (Å²) in [6.45, 7) is 1.03. The minimum atomic E-state index is 0. The molecule has 0 radical (unpaired) electrons. The zero-order valence-corrected chi connectivity index (χ0v) is 8.06. The molecule has 0 saturated carbocycles. The maximum atomic E-state index is 11.3. The molecule has 0 bridgehead atoms. The van der Waals surface area contributed by atoms with Crippen LogP contribution in [0.3, 0.4) is 0 Å². The van der Waals surface area contributed by atoms with E-state index in [0.717, 1.165) is 18.5 Å². The van der Waals surface area contributed by atoms with Crippen LogP contribution in [-0.2, 0) is 0 Å². The van der Waals surface area contributed by atoms with E-state index in [-0.39, 0.29) is 24.0 Å². The van der Waals surface area contributed by atoms with Crippen molar-refractivity contribution in [2.45, 2.75) is 18.9 Å². The highest BCUT2D eigenvalue weighted by atomic mass is 35.5. The molecule has 1 aliphatic heterocycles. The molecule has 1 fully saturated rings. The van der Waals surface area contributed by atoms with Crippen LogP contribution in [0.25, 0.3) is 0 Å². The molecule has 2 N–H and O–H groups in total. The highest BCUT2D eigenvalue weighted by Gasteiger charge is 2.17. The number of pyridine rings is 1. The van der Waals surface area contributed by atoms with Crippen molar-refractivity contribution in [2.75, 3.05) is 6.54 Å². The van der Waals surface area contributed by atoms with Gasteiger partial charge in [-0.3, -0.25) is 4.79 Å². The Bertz CT molecular complexity index is 317. The van der Waals surface area contributed by atoms with Crippen LogP contribution >= 0.6 is 12.4 Å². The monoisotopic (exact) mass is 200 g/mol. The minimum Gasteiger partial charge on any atom is -0.329 e. The van der Waals surface area contributed by atoms with Gasteiger partial charge >= 0.3 is 0 Å². The Hall–Kier alpha value is -0.800. The summed E-state index contributed by atoms with van der Waals surface area (Å²) in [4.78, 5) is 14.0. The molecule has 13 heavy (non-hydrogen) atoms. The third kappa shape index (κ3) is 2.11. The minimum absolute atomic E-state index is 0. The molecule has 72 valence electrons. The fourth-order valence-corrected chi connectivity index (χ4v) is 1.66. The van der Waals surface area contributed by atoms with Crippen molar-refractivity contribution in [3.63, 3.8) is 0 Å². The third-order valence-electron chi connectivity index (χ3n) is 2.28. The number of rotatable bonds is 1. The summed E-state index contributed by atoms with van der Waals surface area (Å²) in [6, 6.07) is 4.04. The molecule has 1 aromatic heterocycles. The van der Waals surface area contributed by atoms with Gasteiger partial charge in [0.05, 0.1) is 0 Å². The predicted molar refractivity (Wildman–Crippen MR) is 54.3 cm³/mol. The molecule has 1 atom stereocenters. The fourth-order valence-electron chi connectivity index (χ4n) is 1.66. The quantitative estimate of drug-likeness (QED) is 0.716. The average Bonchev–Trinajstić information content (AvgIpc) is 2.57. The number of hydrogen-bond donors (Lipinski definition) is 2. The first kappa shape index (κ1) is 10.3. The molecule has 2 rings (SSSR count). The van der Waals surface area contributed by atoms with E-state index in [1.54, 1.807) is 6.20 Å². The number of nitrogens with one attached hydrogen (secondary N) is 2. The van der Waals surface area contributed by atoms with Crippen LogP contribution in [0.15, 0.2) is 23.1 Å². The summed E-state index contributed by atoms with van der Waals surface area (Å²) in [5, 5.41) is 3.29.